The van der Waals surface area contributed by atoms with Crippen LogP contribution in [0.25, 0.3) is 0 Å². The zero-order valence-electron chi connectivity index (χ0n) is 10.6. The van der Waals surface area contributed by atoms with Crippen LogP contribution in [0.1, 0.15) is 46.0 Å². The van der Waals surface area contributed by atoms with Crippen LogP contribution in [0.5, 0.6) is 0 Å². The van der Waals surface area contributed by atoms with Gasteiger partial charge in [0.1, 0.15) is 0 Å². The maximum Gasteiger partial charge on any atom is 0.239 e. The Bertz CT molecular complexity index is 215. The van der Waals surface area contributed by atoms with Gasteiger partial charge in [-0.2, -0.15) is 0 Å². The topological polar surface area (TPSA) is 46.3 Å². The van der Waals surface area contributed by atoms with Crippen molar-refractivity contribution in [3.05, 3.63) is 0 Å². The maximum absolute atomic E-state index is 12.0. The third-order valence-electron chi connectivity index (χ3n) is 3.26. The minimum Gasteiger partial charge on any atom is -0.341 e. The summed E-state index contributed by atoms with van der Waals surface area (Å²) < 4.78 is 0. The van der Waals surface area contributed by atoms with Crippen LogP contribution in [0.4, 0.5) is 0 Å². The number of likely N-dealkylation sites (N-methyl/N-ethyl adjacent to an activating group) is 1. The van der Waals surface area contributed by atoms with Crippen LogP contribution >= 0.6 is 12.4 Å². The molecule has 0 aromatic rings. The standard InChI is InChI=1S/C12H24N2O.ClH/c1-9(2)8-11(13)12(15)14(3)10-6-4-5-7-10;/h9-11H,4-8,13H2,1-3H3;1H/t11-;/m0./s1. The molecule has 1 aliphatic carbocycles. The van der Waals surface area contributed by atoms with E-state index in [0.29, 0.717) is 12.0 Å². The predicted octanol–water partition coefficient (Wildman–Crippen LogP) is 2.18. The third-order valence-corrected chi connectivity index (χ3v) is 3.26. The molecule has 1 atom stereocenters. The van der Waals surface area contributed by atoms with Crippen LogP contribution in [0, 0.1) is 5.92 Å². The number of rotatable bonds is 4. The number of halogens is 1. The summed E-state index contributed by atoms with van der Waals surface area (Å²) in [6, 6.07) is 0.131. The summed E-state index contributed by atoms with van der Waals surface area (Å²) in [5.41, 5.74) is 5.90. The van der Waals surface area contributed by atoms with Crippen LogP contribution in [0.15, 0.2) is 0 Å². The zero-order valence-corrected chi connectivity index (χ0v) is 11.4. The number of nitrogens with two attached hydrogens (primary N) is 1. The van der Waals surface area contributed by atoms with Crippen LogP contribution in [-0.2, 0) is 4.79 Å². The van der Waals surface area contributed by atoms with E-state index >= 15 is 0 Å². The average molecular weight is 249 g/mol. The van der Waals surface area contributed by atoms with Gasteiger partial charge in [-0.05, 0) is 25.2 Å². The fourth-order valence-corrected chi connectivity index (χ4v) is 2.34. The predicted molar refractivity (Wildman–Crippen MR) is 69.7 cm³/mol. The van der Waals surface area contributed by atoms with Gasteiger partial charge in [0, 0.05) is 13.1 Å². The molecule has 1 fully saturated rings. The lowest BCUT2D eigenvalue weighted by molar-refractivity contribution is -0.133. The normalized spacial score (nSPS) is 18.3. The molecule has 1 amide bonds. The smallest absolute Gasteiger partial charge is 0.239 e. The van der Waals surface area contributed by atoms with E-state index in [2.05, 4.69) is 13.8 Å². The molecule has 2 N–H and O–H groups in total. The SMILES string of the molecule is CC(C)C[C@H](N)C(=O)N(C)C1CCCC1.Cl. The molecule has 0 bridgehead atoms. The lowest BCUT2D eigenvalue weighted by Gasteiger charge is -2.27. The summed E-state index contributed by atoms with van der Waals surface area (Å²) in [7, 11) is 1.90. The van der Waals surface area contributed by atoms with E-state index < -0.39 is 0 Å². The van der Waals surface area contributed by atoms with E-state index in [4.69, 9.17) is 5.73 Å². The summed E-state index contributed by atoms with van der Waals surface area (Å²) in [5.74, 6) is 0.608. The second-order valence-electron chi connectivity index (χ2n) is 5.12. The Morgan fingerprint density at radius 2 is 1.88 bits per heavy atom. The van der Waals surface area contributed by atoms with Crippen molar-refractivity contribution in [2.75, 3.05) is 7.05 Å². The minimum atomic E-state index is -0.310. The quantitative estimate of drug-likeness (QED) is 0.829. The van der Waals surface area contributed by atoms with Gasteiger partial charge in [0.25, 0.3) is 0 Å². The van der Waals surface area contributed by atoms with E-state index in [0.717, 1.165) is 19.3 Å². The van der Waals surface area contributed by atoms with Gasteiger partial charge in [-0.25, -0.2) is 0 Å². The fourth-order valence-electron chi connectivity index (χ4n) is 2.34. The van der Waals surface area contributed by atoms with Gasteiger partial charge >= 0.3 is 0 Å². The number of carbonyl (C=O) groups excluding carboxylic acids is 1. The first kappa shape index (κ1) is 15.7. The highest BCUT2D eigenvalue weighted by Crippen LogP contribution is 2.23. The first-order valence-corrected chi connectivity index (χ1v) is 6.04. The molecular weight excluding hydrogens is 224 g/mol. The lowest BCUT2D eigenvalue weighted by atomic mass is 10.0. The number of carbonyl (C=O) groups is 1. The van der Waals surface area contributed by atoms with Crippen molar-refractivity contribution in [1.82, 2.24) is 4.90 Å². The van der Waals surface area contributed by atoms with Gasteiger partial charge in [0.2, 0.25) is 5.91 Å². The van der Waals surface area contributed by atoms with Crippen LogP contribution in [-0.4, -0.2) is 29.9 Å². The Balaban J connectivity index is 0.00000225. The van der Waals surface area contributed by atoms with Gasteiger partial charge < -0.3 is 10.6 Å². The van der Waals surface area contributed by atoms with E-state index in [1.807, 2.05) is 11.9 Å². The molecule has 0 unspecified atom stereocenters. The fraction of sp³-hybridized carbons (Fsp3) is 0.917. The van der Waals surface area contributed by atoms with Gasteiger partial charge in [-0.15, -0.1) is 12.4 Å². The van der Waals surface area contributed by atoms with Crippen molar-refractivity contribution >= 4 is 18.3 Å². The summed E-state index contributed by atoms with van der Waals surface area (Å²) in [4.78, 5) is 13.8. The van der Waals surface area contributed by atoms with Crippen molar-refractivity contribution in [1.29, 1.82) is 0 Å². The molecule has 0 heterocycles. The van der Waals surface area contributed by atoms with Crippen molar-refractivity contribution in [3.8, 4) is 0 Å². The first-order chi connectivity index (χ1) is 7.02. The average Bonchev–Trinajstić information content (AvgIpc) is 2.67. The Kier molecular flexibility index (Phi) is 7.00. The summed E-state index contributed by atoms with van der Waals surface area (Å²) in [6.07, 6.45) is 5.59. The Hall–Kier alpha value is -0.280. The molecule has 3 nitrogen and oxygen atoms in total. The maximum atomic E-state index is 12.0. The summed E-state index contributed by atoms with van der Waals surface area (Å²) >= 11 is 0. The lowest BCUT2D eigenvalue weighted by Crippen LogP contribution is -2.46. The Morgan fingerprint density at radius 3 is 2.31 bits per heavy atom. The molecule has 0 radical (unpaired) electrons. The van der Waals surface area contributed by atoms with Gasteiger partial charge in [0.05, 0.1) is 6.04 Å². The molecule has 96 valence electrons. The van der Waals surface area contributed by atoms with E-state index in [1.165, 1.54) is 12.8 Å². The molecule has 1 aliphatic rings. The second kappa shape index (κ2) is 7.13. The molecule has 16 heavy (non-hydrogen) atoms. The van der Waals surface area contributed by atoms with Crippen molar-refractivity contribution in [3.63, 3.8) is 0 Å². The minimum absolute atomic E-state index is 0. The molecule has 0 aromatic carbocycles. The molecule has 1 rings (SSSR count). The number of amides is 1. The Labute approximate surface area is 105 Å². The van der Waals surface area contributed by atoms with Gasteiger partial charge in [0.15, 0.2) is 0 Å². The molecule has 0 aliphatic heterocycles. The van der Waals surface area contributed by atoms with E-state index in [-0.39, 0.29) is 24.4 Å². The first-order valence-electron chi connectivity index (χ1n) is 6.04. The van der Waals surface area contributed by atoms with Crippen LogP contribution in [0.3, 0.4) is 0 Å². The highest BCUT2D eigenvalue weighted by Gasteiger charge is 2.26. The van der Waals surface area contributed by atoms with E-state index in [9.17, 15) is 4.79 Å². The molecule has 1 saturated carbocycles. The monoisotopic (exact) mass is 248 g/mol. The zero-order chi connectivity index (χ0) is 11.4. The summed E-state index contributed by atoms with van der Waals surface area (Å²) in [6.45, 7) is 4.20. The van der Waals surface area contributed by atoms with Crippen molar-refractivity contribution < 1.29 is 4.79 Å². The molecule has 0 spiro atoms. The van der Waals surface area contributed by atoms with Crippen LogP contribution < -0.4 is 5.73 Å². The Morgan fingerprint density at radius 1 is 1.38 bits per heavy atom. The highest BCUT2D eigenvalue weighted by atomic mass is 35.5. The number of nitrogens with zero attached hydrogens (tertiary/aromatic N) is 1. The van der Waals surface area contributed by atoms with Crippen molar-refractivity contribution in [2.24, 2.45) is 11.7 Å². The van der Waals surface area contributed by atoms with E-state index in [1.54, 1.807) is 0 Å². The molecule has 4 heteroatoms. The van der Waals surface area contributed by atoms with Gasteiger partial charge in [-0.3, -0.25) is 4.79 Å². The summed E-state index contributed by atoms with van der Waals surface area (Å²) in [5, 5.41) is 0. The number of hydrogen-bond donors (Lipinski definition) is 1. The second-order valence-corrected chi connectivity index (χ2v) is 5.12. The largest absolute Gasteiger partial charge is 0.341 e. The highest BCUT2D eigenvalue weighted by molar-refractivity contribution is 5.85. The van der Waals surface area contributed by atoms with Crippen LogP contribution in [0.2, 0.25) is 0 Å². The third kappa shape index (κ3) is 4.30. The molecule has 0 aromatic heterocycles. The molecular formula is C12H25ClN2O. The van der Waals surface area contributed by atoms with Gasteiger partial charge in [-0.1, -0.05) is 26.7 Å². The van der Waals surface area contributed by atoms with Crippen molar-refractivity contribution in [2.45, 2.75) is 58.0 Å². The molecule has 0 saturated heterocycles. The number of hydrogen-bond acceptors (Lipinski definition) is 2.